The predicted molar refractivity (Wildman–Crippen MR) is 128 cm³/mol. The summed E-state index contributed by atoms with van der Waals surface area (Å²) < 4.78 is 7.36. The number of carbonyl (C=O) groups excluding carboxylic acids is 1. The van der Waals surface area contributed by atoms with Crippen LogP contribution in [-0.4, -0.2) is 25.7 Å². The number of imidazole rings is 1. The van der Waals surface area contributed by atoms with Crippen molar-refractivity contribution in [1.29, 1.82) is 0 Å². The van der Waals surface area contributed by atoms with E-state index in [0.29, 0.717) is 24.6 Å². The van der Waals surface area contributed by atoms with E-state index in [4.69, 9.17) is 10.3 Å². The molecular formula is C27H26N4O3. The molecule has 4 rings (SSSR count). The molecule has 0 aliphatic heterocycles. The van der Waals surface area contributed by atoms with Crippen LogP contribution in [0.15, 0.2) is 71.5 Å². The van der Waals surface area contributed by atoms with E-state index < -0.39 is 6.10 Å². The van der Waals surface area contributed by atoms with Gasteiger partial charge >= 0.3 is 0 Å². The second kappa shape index (κ2) is 10.6. The number of benzene rings is 2. The molecule has 2 aromatic carbocycles. The first-order valence-electron chi connectivity index (χ1n) is 11.1. The van der Waals surface area contributed by atoms with Gasteiger partial charge in [0.05, 0.1) is 6.54 Å². The Morgan fingerprint density at radius 2 is 1.79 bits per heavy atom. The lowest BCUT2D eigenvalue weighted by atomic mass is 10.1. The molecule has 7 heteroatoms. The van der Waals surface area contributed by atoms with Gasteiger partial charge in [-0.3, -0.25) is 4.79 Å². The predicted octanol–water partition coefficient (Wildman–Crippen LogP) is 3.85. The van der Waals surface area contributed by atoms with Crippen LogP contribution in [0.3, 0.4) is 0 Å². The van der Waals surface area contributed by atoms with Crippen LogP contribution in [0.4, 0.5) is 0 Å². The number of aliphatic hydroxyl groups excluding tert-OH is 1. The monoisotopic (exact) mass is 454 g/mol. The number of aliphatic hydroxyl groups is 1. The van der Waals surface area contributed by atoms with Crippen molar-refractivity contribution >= 4 is 5.91 Å². The Morgan fingerprint density at radius 3 is 2.44 bits per heavy atom. The topological polar surface area (TPSA) is 107 Å². The standard InChI is InChI=1S/C27H26N4O3/c1-19(32)27-29-15-16-31(27)18-24-17-25(34-30-24)23-13-11-22(12-14-23)10-9-21-7-5-20(6-8-21)3-2-4-26(28)33/h5-8,11-17,19,32H,2-4,18H2,1H3,(H2,28,33)/t19-/m0/s1. The zero-order chi connectivity index (χ0) is 23.9. The molecule has 172 valence electrons. The summed E-state index contributed by atoms with van der Waals surface area (Å²) in [6.07, 6.45) is 4.80. The van der Waals surface area contributed by atoms with Crippen molar-refractivity contribution in [2.24, 2.45) is 5.73 Å². The summed E-state index contributed by atoms with van der Waals surface area (Å²) in [5.74, 6) is 7.34. The third kappa shape index (κ3) is 6.00. The number of amides is 1. The number of nitrogens with two attached hydrogens (primary N) is 1. The molecule has 0 aliphatic rings. The highest BCUT2D eigenvalue weighted by molar-refractivity contribution is 5.73. The summed E-state index contributed by atoms with van der Waals surface area (Å²) >= 11 is 0. The van der Waals surface area contributed by atoms with Crippen molar-refractivity contribution in [3.8, 4) is 23.2 Å². The minimum atomic E-state index is -0.652. The minimum absolute atomic E-state index is 0.266. The number of nitrogens with zero attached hydrogens (tertiary/aromatic N) is 3. The highest BCUT2D eigenvalue weighted by Crippen LogP contribution is 2.22. The third-order valence-electron chi connectivity index (χ3n) is 5.38. The van der Waals surface area contributed by atoms with E-state index in [2.05, 4.69) is 22.0 Å². The van der Waals surface area contributed by atoms with E-state index in [1.807, 2.05) is 59.2 Å². The number of carbonyl (C=O) groups is 1. The van der Waals surface area contributed by atoms with E-state index in [1.54, 1.807) is 19.3 Å². The molecule has 0 fully saturated rings. The summed E-state index contributed by atoms with van der Waals surface area (Å²) in [6, 6.07) is 17.7. The molecule has 0 bridgehead atoms. The maximum absolute atomic E-state index is 10.8. The lowest BCUT2D eigenvalue weighted by molar-refractivity contribution is -0.118. The first-order chi connectivity index (χ1) is 16.5. The van der Waals surface area contributed by atoms with Crippen molar-refractivity contribution in [3.05, 3.63) is 95.2 Å². The zero-order valence-corrected chi connectivity index (χ0v) is 18.9. The molecule has 0 saturated heterocycles. The Kier molecular flexibility index (Phi) is 7.21. The van der Waals surface area contributed by atoms with Gasteiger partial charge in [0.15, 0.2) is 5.76 Å². The number of aromatic nitrogens is 3. The van der Waals surface area contributed by atoms with E-state index >= 15 is 0 Å². The molecule has 0 radical (unpaired) electrons. The van der Waals surface area contributed by atoms with Gasteiger partial charge in [0.2, 0.25) is 5.91 Å². The molecule has 0 unspecified atom stereocenters. The Bertz CT molecular complexity index is 1310. The molecule has 0 spiro atoms. The van der Waals surface area contributed by atoms with Crippen LogP contribution in [0.25, 0.3) is 11.3 Å². The minimum Gasteiger partial charge on any atom is -0.385 e. The van der Waals surface area contributed by atoms with E-state index in [0.717, 1.165) is 40.8 Å². The second-order valence-corrected chi connectivity index (χ2v) is 8.12. The van der Waals surface area contributed by atoms with Gasteiger partial charge in [0.25, 0.3) is 0 Å². The molecular weight excluding hydrogens is 428 g/mol. The highest BCUT2D eigenvalue weighted by Gasteiger charge is 2.12. The van der Waals surface area contributed by atoms with Crippen LogP contribution in [-0.2, 0) is 17.8 Å². The first-order valence-corrected chi connectivity index (χ1v) is 11.1. The molecule has 2 aromatic heterocycles. The summed E-state index contributed by atoms with van der Waals surface area (Å²) in [6.45, 7) is 2.15. The van der Waals surface area contributed by atoms with Gasteiger partial charge in [-0.05, 0) is 61.7 Å². The molecule has 1 amide bonds. The van der Waals surface area contributed by atoms with Crippen LogP contribution in [0.1, 0.15) is 54.1 Å². The fraction of sp³-hybridized carbons (Fsp3) is 0.222. The summed E-state index contributed by atoms with van der Waals surface area (Å²) in [7, 11) is 0. The number of primary amides is 1. The van der Waals surface area contributed by atoms with E-state index in [9.17, 15) is 9.90 Å². The average molecular weight is 455 g/mol. The highest BCUT2D eigenvalue weighted by atomic mass is 16.5. The van der Waals surface area contributed by atoms with Crippen LogP contribution >= 0.6 is 0 Å². The van der Waals surface area contributed by atoms with Crippen molar-refractivity contribution in [2.75, 3.05) is 0 Å². The lowest BCUT2D eigenvalue weighted by Gasteiger charge is -2.07. The third-order valence-corrected chi connectivity index (χ3v) is 5.38. The van der Waals surface area contributed by atoms with Gasteiger partial charge in [0, 0.05) is 41.6 Å². The zero-order valence-electron chi connectivity index (χ0n) is 18.9. The molecule has 2 heterocycles. The Morgan fingerprint density at radius 1 is 1.12 bits per heavy atom. The Labute approximate surface area is 198 Å². The van der Waals surface area contributed by atoms with E-state index in [1.165, 1.54) is 0 Å². The molecule has 0 aliphatic carbocycles. The maximum Gasteiger partial charge on any atom is 0.217 e. The largest absolute Gasteiger partial charge is 0.385 e. The van der Waals surface area contributed by atoms with Gasteiger partial charge < -0.3 is 19.9 Å². The number of hydrogen-bond donors (Lipinski definition) is 2. The smallest absolute Gasteiger partial charge is 0.217 e. The summed E-state index contributed by atoms with van der Waals surface area (Å²) in [5.41, 5.74) is 9.83. The van der Waals surface area contributed by atoms with Gasteiger partial charge in [-0.1, -0.05) is 29.1 Å². The first kappa shape index (κ1) is 23.0. The van der Waals surface area contributed by atoms with Crippen molar-refractivity contribution in [1.82, 2.24) is 14.7 Å². The number of aryl methyl sites for hydroxylation is 1. The van der Waals surface area contributed by atoms with Crippen molar-refractivity contribution < 1.29 is 14.4 Å². The molecule has 4 aromatic rings. The van der Waals surface area contributed by atoms with Crippen molar-refractivity contribution in [2.45, 2.75) is 38.8 Å². The lowest BCUT2D eigenvalue weighted by Crippen LogP contribution is -2.10. The summed E-state index contributed by atoms with van der Waals surface area (Å²) in [5, 5.41) is 13.9. The van der Waals surface area contributed by atoms with Gasteiger partial charge in [-0.15, -0.1) is 0 Å². The second-order valence-electron chi connectivity index (χ2n) is 8.12. The van der Waals surface area contributed by atoms with Crippen molar-refractivity contribution in [3.63, 3.8) is 0 Å². The maximum atomic E-state index is 10.8. The fourth-order valence-electron chi connectivity index (χ4n) is 3.60. The van der Waals surface area contributed by atoms with Crippen LogP contribution in [0, 0.1) is 11.8 Å². The normalized spacial score (nSPS) is 11.6. The molecule has 7 nitrogen and oxygen atoms in total. The Balaban J connectivity index is 1.37. The summed E-state index contributed by atoms with van der Waals surface area (Å²) in [4.78, 5) is 15.0. The van der Waals surface area contributed by atoms with Crippen LogP contribution in [0.2, 0.25) is 0 Å². The van der Waals surface area contributed by atoms with Crippen LogP contribution in [0.5, 0.6) is 0 Å². The SMILES string of the molecule is C[C@H](O)c1nccn1Cc1cc(-c2ccc(C#Cc3ccc(CCCC(N)=O)cc3)cc2)on1. The number of hydrogen-bond acceptors (Lipinski definition) is 5. The van der Waals surface area contributed by atoms with E-state index in [-0.39, 0.29) is 5.91 Å². The molecule has 34 heavy (non-hydrogen) atoms. The number of rotatable bonds is 8. The average Bonchev–Trinajstić information content (AvgIpc) is 3.49. The molecule has 1 atom stereocenters. The molecule has 0 saturated carbocycles. The quantitative estimate of drug-likeness (QED) is 0.393. The molecule has 3 N–H and O–H groups in total. The van der Waals surface area contributed by atoms with Crippen LogP contribution < -0.4 is 5.73 Å². The van der Waals surface area contributed by atoms with Gasteiger partial charge in [0.1, 0.15) is 17.6 Å². The van der Waals surface area contributed by atoms with Gasteiger partial charge in [-0.25, -0.2) is 4.98 Å². The fourth-order valence-corrected chi connectivity index (χ4v) is 3.60. The van der Waals surface area contributed by atoms with Gasteiger partial charge in [-0.2, -0.15) is 0 Å². The Hall–Kier alpha value is -4.15.